The van der Waals surface area contributed by atoms with Crippen molar-refractivity contribution < 1.29 is 9.53 Å². The molecule has 2 heteroatoms. The summed E-state index contributed by atoms with van der Waals surface area (Å²) >= 11 is 0. The molecule has 2 nitrogen and oxygen atoms in total. The highest BCUT2D eigenvalue weighted by molar-refractivity contribution is 5.71. The van der Waals surface area contributed by atoms with Crippen LogP contribution in [0, 0.1) is 11.8 Å². The summed E-state index contributed by atoms with van der Waals surface area (Å²) in [5.41, 5.74) is 0. The highest BCUT2D eigenvalue weighted by Gasteiger charge is 2.11. The molecular weight excluding hydrogens is 236 g/mol. The molecule has 0 saturated heterocycles. The summed E-state index contributed by atoms with van der Waals surface area (Å²) in [4.78, 5) is 11.2. The maximum absolute atomic E-state index is 11.2. The van der Waals surface area contributed by atoms with Crippen LogP contribution in [0.4, 0.5) is 0 Å². The molecule has 0 heterocycles. The minimum atomic E-state index is -0.0649. The maximum Gasteiger partial charge on any atom is 0.308 e. The second-order valence-corrected chi connectivity index (χ2v) is 6.02. The maximum atomic E-state index is 11.2. The molecule has 0 rings (SSSR count). The van der Waals surface area contributed by atoms with E-state index in [2.05, 4.69) is 13.8 Å². The van der Waals surface area contributed by atoms with Gasteiger partial charge in [0.05, 0.1) is 13.0 Å². The first kappa shape index (κ1) is 18.5. The minimum absolute atomic E-state index is 0.0649. The number of ether oxygens (including phenoxy) is 1. The summed E-state index contributed by atoms with van der Waals surface area (Å²) in [6.45, 7) is 6.60. The van der Waals surface area contributed by atoms with E-state index in [1.807, 2.05) is 6.92 Å². The number of esters is 1. The molecule has 0 aromatic heterocycles. The number of hydrogen-bond donors (Lipinski definition) is 0. The monoisotopic (exact) mass is 270 g/mol. The average Bonchev–Trinajstić information content (AvgIpc) is 2.40. The molecule has 0 spiro atoms. The van der Waals surface area contributed by atoms with E-state index in [0.717, 1.165) is 18.8 Å². The third-order valence-electron chi connectivity index (χ3n) is 3.97. The van der Waals surface area contributed by atoms with Gasteiger partial charge in [-0.05, 0) is 12.3 Å². The van der Waals surface area contributed by atoms with E-state index in [4.69, 9.17) is 4.74 Å². The molecule has 0 aliphatic carbocycles. The second-order valence-electron chi connectivity index (χ2n) is 6.02. The molecule has 2 unspecified atom stereocenters. The fraction of sp³-hybridized carbons (Fsp3) is 0.941. The molecule has 0 aliphatic rings. The van der Waals surface area contributed by atoms with Gasteiger partial charge >= 0.3 is 5.97 Å². The van der Waals surface area contributed by atoms with Gasteiger partial charge in [-0.15, -0.1) is 0 Å². The topological polar surface area (TPSA) is 26.3 Å². The van der Waals surface area contributed by atoms with Gasteiger partial charge in [0.15, 0.2) is 0 Å². The van der Waals surface area contributed by atoms with E-state index in [1.54, 1.807) is 0 Å². The summed E-state index contributed by atoms with van der Waals surface area (Å²) in [5.74, 6) is 0.913. The van der Waals surface area contributed by atoms with Crippen LogP contribution in [-0.2, 0) is 9.53 Å². The molecule has 0 amide bonds. The largest absolute Gasteiger partial charge is 0.469 e. The summed E-state index contributed by atoms with van der Waals surface area (Å²) in [5, 5.41) is 0. The third-order valence-corrected chi connectivity index (χ3v) is 3.97. The fourth-order valence-corrected chi connectivity index (χ4v) is 2.61. The van der Waals surface area contributed by atoms with Gasteiger partial charge in [0.25, 0.3) is 0 Å². The van der Waals surface area contributed by atoms with Crippen LogP contribution in [0.3, 0.4) is 0 Å². The highest BCUT2D eigenvalue weighted by atomic mass is 16.5. The average molecular weight is 270 g/mol. The molecule has 114 valence electrons. The van der Waals surface area contributed by atoms with E-state index in [9.17, 15) is 4.79 Å². The molecule has 0 aromatic rings. The van der Waals surface area contributed by atoms with Gasteiger partial charge in [-0.25, -0.2) is 0 Å². The van der Waals surface area contributed by atoms with Gasteiger partial charge in [0, 0.05) is 0 Å². The standard InChI is InChI=1S/C17H34O2/c1-5-12-15(2)13-10-8-6-7-9-11-14-16(3)17(18)19-4/h15-16H,5-14H2,1-4H3. The highest BCUT2D eigenvalue weighted by Crippen LogP contribution is 2.17. The fourth-order valence-electron chi connectivity index (χ4n) is 2.61. The number of rotatable bonds is 12. The number of carbonyl (C=O) groups is 1. The van der Waals surface area contributed by atoms with Crippen LogP contribution in [0.5, 0.6) is 0 Å². The third kappa shape index (κ3) is 11.0. The lowest BCUT2D eigenvalue weighted by molar-refractivity contribution is -0.145. The van der Waals surface area contributed by atoms with Crippen molar-refractivity contribution in [3.63, 3.8) is 0 Å². The zero-order valence-corrected chi connectivity index (χ0v) is 13.5. The van der Waals surface area contributed by atoms with Crippen molar-refractivity contribution in [2.45, 2.75) is 85.0 Å². The molecule has 0 fully saturated rings. The summed E-state index contributed by atoms with van der Waals surface area (Å²) < 4.78 is 4.73. The molecular formula is C17H34O2. The Morgan fingerprint density at radius 1 is 0.895 bits per heavy atom. The van der Waals surface area contributed by atoms with E-state index in [1.165, 1.54) is 58.5 Å². The van der Waals surface area contributed by atoms with E-state index >= 15 is 0 Å². The molecule has 0 aliphatic heterocycles. The SMILES string of the molecule is CCCC(C)CCCCCCCCC(C)C(=O)OC. The van der Waals surface area contributed by atoms with Crippen molar-refractivity contribution in [1.82, 2.24) is 0 Å². The molecule has 0 aromatic carbocycles. The van der Waals surface area contributed by atoms with Gasteiger partial charge in [-0.1, -0.05) is 78.6 Å². The Kier molecular flexibility index (Phi) is 12.2. The Morgan fingerprint density at radius 3 is 1.95 bits per heavy atom. The Hall–Kier alpha value is -0.530. The van der Waals surface area contributed by atoms with Gasteiger partial charge in [-0.3, -0.25) is 4.79 Å². The van der Waals surface area contributed by atoms with Crippen LogP contribution in [0.1, 0.15) is 85.0 Å². The van der Waals surface area contributed by atoms with Crippen molar-refractivity contribution in [2.75, 3.05) is 7.11 Å². The smallest absolute Gasteiger partial charge is 0.308 e. The normalized spacial score (nSPS) is 14.1. The van der Waals surface area contributed by atoms with Crippen molar-refractivity contribution in [3.8, 4) is 0 Å². The van der Waals surface area contributed by atoms with Gasteiger partial charge in [0.1, 0.15) is 0 Å². The lowest BCUT2D eigenvalue weighted by Gasteiger charge is -2.10. The minimum Gasteiger partial charge on any atom is -0.469 e. The van der Waals surface area contributed by atoms with Crippen molar-refractivity contribution in [1.29, 1.82) is 0 Å². The zero-order valence-electron chi connectivity index (χ0n) is 13.5. The number of hydrogen-bond acceptors (Lipinski definition) is 2. The lowest BCUT2D eigenvalue weighted by Crippen LogP contribution is -2.12. The van der Waals surface area contributed by atoms with E-state index in [-0.39, 0.29) is 11.9 Å². The van der Waals surface area contributed by atoms with Gasteiger partial charge in [0.2, 0.25) is 0 Å². The van der Waals surface area contributed by atoms with Gasteiger partial charge < -0.3 is 4.74 Å². The van der Waals surface area contributed by atoms with Crippen LogP contribution < -0.4 is 0 Å². The first-order chi connectivity index (χ1) is 9.11. The van der Waals surface area contributed by atoms with Crippen molar-refractivity contribution in [3.05, 3.63) is 0 Å². The quantitative estimate of drug-likeness (QED) is 0.353. The Bertz CT molecular complexity index is 213. The molecule has 19 heavy (non-hydrogen) atoms. The summed E-state index contributed by atoms with van der Waals surface area (Å²) in [6, 6.07) is 0. The Morgan fingerprint density at radius 2 is 1.42 bits per heavy atom. The van der Waals surface area contributed by atoms with Crippen LogP contribution in [0.25, 0.3) is 0 Å². The first-order valence-electron chi connectivity index (χ1n) is 8.19. The van der Waals surface area contributed by atoms with Crippen LogP contribution in [0.15, 0.2) is 0 Å². The van der Waals surface area contributed by atoms with Crippen LogP contribution in [-0.4, -0.2) is 13.1 Å². The van der Waals surface area contributed by atoms with Crippen LogP contribution in [0.2, 0.25) is 0 Å². The van der Waals surface area contributed by atoms with E-state index < -0.39 is 0 Å². The molecule has 0 saturated carbocycles. The number of unbranched alkanes of at least 4 members (excludes halogenated alkanes) is 5. The summed E-state index contributed by atoms with van der Waals surface area (Å²) in [6.07, 6.45) is 12.9. The van der Waals surface area contributed by atoms with Crippen molar-refractivity contribution in [2.24, 2.45) is 11.8 Å². The van der Waals surface area contributed by atoms with Gasteiger partial charge in [-0.2, -0.15) is 0 Å². The number of methoxy groups -OCH3 is 1. The Labute approximate surface area is 120 Å². The predicted molar refractivity (Wildman–Crippen MR) is 82.2 cm³/mol. The lowest BCUT2D eigenvalue weighted by atomic mass is 9.97. The molecule has 0 N–H and O–H groups in total. The first-order valence-corrected chi connectivity index (χ1v) is 8.19. The number of carbonyl (C=O) groups excluding carboxylic acids is 1. The molecule has 0 radical (unpaired) electrons. The zero-order chi connectivity index (χ0) is 14.5. The Balaban J connectivity index is 3.25. The van der Waals surface area contributed by atoms with Crippen molar-refractivity contribution >= 4 is 5.97 Å². The molecule has 2 atom stereocenters. The van der Waals surface area contributed by atoms with Crippen LogP contribution >= 0.6 is 0 Å². The van der Waals surface area contributed by atoms with E-state index in [0.29, 0.717) is 0 Å². The predicted octanol–water partition coefficient (Wildman–Crippen LogP) is 5.35. The second kappa shape index (κ2) is 12.5. The molecule has 0 bridgehead atoms. The summed E-state index contributed by atoms with van der Waals surface area (Å²) in [7, 11) is 1.47.